The first-order chi connectivity index (χ1) is 8.88. The molecule has 1 aromatic heterocycles. The molecule has 1 atom stereocenters. The Bertz CT molecular complexity index is 320. The van der Waals surface area contributed by atoms with Gasteiger partial charge in [-0.1, -0.05) is 13.0 Å². The van der Waals surface area contributed by atoms with Gasteiger partial charge in [0.15, 0.2) is 0 Å². The van der Waals surface area contributed by atoms with Crippen LogP contribution in [0.3, 0.4) is 0 Å². The van der Waals surface area contributed by atoms with Gasteiger partial charge in [0.25, 0.3) is 0 Å². The van der Waals surface area contributed by atoms with Crippen LogP contribution in [0.4, 0.5) is 0 Å². The van der Waals surface area contributed by atoms with Gasteiger partial charge >= 0.3 is 0 Å². The highest BCUT2D eigenvalue weighted by atomic mass is 15.1. The normalized spacial score (nSPS) is 19.6. The maximum atomic E-state index is 4.40. The van der Waals surface area contributed by atoms with Crippen molar-refractivity contribution in [1.29, 1.82) is 0 Å². The number of hydrogen-bond donors (Lipinski definition) is 1. The molecule has 0 bridgehead atoms. The van der Waals surface area contributed by atoms with Gasteiger partial charge in [0, 0.05) is 37.4 Å². The molecule has 0 aromatic carbocycles. The van der Waals surface area contributed by atoms with Crippen molar-refractivity contribution in [2.45, 2.75) is 38.6 Å². The van der Waals surface area contributed by atoms with Crippen LogP contribution in [0, 0.1) is 0 Å². The fourth-order valence-corrected chi connectivity index (χ4v) is 2.65. The van der Waals surface area contributed by atoms with E-state index in [0.717, 1.165) is 13.0 Å². The highest BCUT2D eigenvalue weighted by Crippen LogP contribution is 2.08. The van der Waals surface area contributed by atoms with Gasteiger partial charge in [0.1, 0.15) is 0 Å². The Kier molecular flexibility index (Phi) is 5.62. The number of pyridine rings is 1. The lowest BCUT2D eigenvalue weighted by Crippen LogP contribution is -2.39. The molecule has 1 aliphatic rings. The average Bonchev–Trinajstić information content (AvgIpc) is 2.90. The Balaban J connectivity index is 1.78. The molecule has 1 saturated heterocycles. The first kappa shape index (κ1) is 13.5. The smallest absolute Gasteiger partial charge is 0.0416 e. The van der Waals surface area contributed by atoms with Gasteiger partial charge in [-0.05, 0) is 44.5 Å². The van der Waals surface area contributed by atoms with Crippen LogP contribution < -0.4 is 5.32 Å². The number of rotatable bonds is 7. The van der Waals surface area contributed by atoms with E-state index in [1.54, 1.807) is 0 Å². The van der Waals surface area contributed by atoms with E-state index in [-0.39, 0.29) is 0 Å². The van der Waals surface area contributed by atoms with Crippen molar-refractivity contribution in [3.63, 3.8) is 0 Å². The zero-order valence-electron chi connectivity index (χ0n) is 11.4. The van der Waals surface area contributed by atoms with Crippen LogP contribution in [0.25, 0.3) is 0 Å². The summed E-state index contributed by atoms with van der Waals surface area (Å²) in [4.78, 5) is 6.98. The predicted octanol–water partition coefficient (Wildman–Crippen LogP) is 2.09. The number of hydrogen-bond acceptors (Lipinski definition) is 3. The Hall–Kier alpha value is -0.930. The fourth-order valence-electron chi connectivity index (χ4n) is 2.65. The minimum atomic E-state index is 0.709. The summed E-state index contributed by atoms with van der Waals surface area (Å²) >= 11 is 0. The molecule has 3 heteroatoms. The van der Waals surface area contributed by atoms with Crippen LogP contribution >= 0.6 is 0 Å². The van der Waals surface area contributed by atoms with Crippen molar-refractivity contribution in [2.75, 3.05) is 26.2 Å². The van der Waals surface area contributed by atoms with E-state index in [2.05, 4.69) is 34.3 Å². The van der Waals surface area contributed by atoms with Gasteiger partial charge in [0.2, 0.25) is 0 Å². The summed E-state index contributed by atoms with van der Waals surface area (Å²) < 4.78 is 0. The Morgan fingerprint density at radius 3 is 3.00 bits per heavy atom. The molecular weight excluding hydrogens is 222 g/mol. The summed E-state index contributed by atoms with van der Waals surface area (Å²) in [6.45, 7) is 6.98. The van der Waals surface area contributed by atoms with Crippen LogP contribution in [-0.2, 0) is 6.42 Å². The first-order valence-corrected chi connectivity index (χ1v) is 7.24. The average molecular weight is 247 g/mol. The molecule has 1 unspecified atom stereocenters. The third kappa shape index (κ3) is 4.39. The zero-order chi connectivity index (χ0) is 12.6. The SMILES string of the molecule is CCCN(CCc1ccccn1)CC1CCCN1. The molecular formula is C15H25N3. The van der Waals surface area contributed by atoms with E-state index in [1.807, 2.05) is 12.3 Å². The topological polar surface area (TPSA) is 28.2 Å². The molecule has 1 aliphatic heterocycles. The molecule has 0 amide bonds. The van der Waals surface area contributed by atoms with Crippen molar-refractivity contribution in [3.8, 4) is 0 Å². The first-order valence-electron chi connectivity index (χ1n) is 7.24. The predicted molar refractivity (Wildman–Crippen MR) is 75.7 cm³/mol. The molecule has 0 radical (unpaired) electrons. The summed E-state index contributed by atoms with van der Waals surface area (Å²) in [5.41, 5.74) is 1.21. The van der Waals surface area contributed by atoms with Crippen molar-refractivity contribution in [1.82, 2.24) is 15.2 Å². The number of nitrogens with one attached hydrogen (secondary N) is 1. The van der Waals surface area contributed by atoms with E-state index in [1.165, 1.54) is 44.6 Å². The Morgan fingerprint density at radius 1 is 1.39 bits per heavy atom. The van der Waals surface area contributed by atoms with E-state index < -0.39 is 0 Å². The number of aromatic nitrogens is 1. The van der Waals surface area contributed by atoms with Crippen molar-refractivity contribution in [2.24, 2.45) is 0 Å². The van der Waals surface area contributed by atoms with Crippen LogP contribution in [0.2, 0.25) is 0 Å². The Morgan fingerprint density at radius 2 is 2.33 bits per heavy atom. The van der Waals surface area contributed by atoms with Crippen molar-refractivity contribution in [3.05, 3.63) is 30.1 Å². The van der Waals surface area contributed by atoms with Crippen LogP contribution in [0.15, 0.2) is 24.4 Å². The molecule has 100 valence electrons. The maximum Gasteiger partial charge on any atom is 0.0416 e. The fraction of sp³-hybridized carbons (Fsp3) is 0.667. The largest absolute Gasteiger partial charge is 0.313 e. The summed E-state index contributed by atoms with van der Waals surface area (Å²) in [7, 11) is 0. The highest BCUT2D eigenvalue weighted by molar-refractivity contribution is 5.03. The van der Waals surface area contributed by atoms with Crippen LogP contribution in [0.5, 0.6) is 0 Å². The molecule has 0 aliphatic carbocycles. The Labute approximate surface area is 111 Å². The van der Waals surface area contributed by atoms with E-state index in [9.17, 15) is 0 Å². The molecule has 1 N–H and O–H groups in total. The second-order valence-electron chi connectivity index (χ2n) is 5.16. The lowest BCUT2D eigenvalue weighted by Gasteiger charge is -2.25. The van der Waals surface area contributed by atoms with Gasteiger partial charge in [-0.15, -0.1) is 0 Å². The third-order valence-electron chi connectivity index (χ3n) is 3.59. The van der Waals surface area contributed by atoms with Crippen molar-refractivity contribution >= 4 is 0 Å². The molecule has 18 heavy (non-hydrogen) atoms. The highest BCUT2D eigenvalue weighted by Gasteiger charge is 2.17. The van der Waals surface area contributed by atoms with Crippen LogP contribution in [-0.4, -0.2) is 42.1 Å². The van der Waals surface area contributed by atoms with Crippen LogP contribution in [0.1, 0.15) is 31.9 Å². The van der Waals surface area contributed by atoms with Crippen molar-refractivity contribution < 1.29 is 0 Å². The van der Waals surface area contributed by atoms with E-state index in [0.29, 0.717) is 6.04 Å². The third-order valence-corrected chi connectivity index (χ3v) is 3.59. The number of nitrogens with zero attached hydrogens (tertiary/aromatic N) is 2. The molecule has 3 nitrogen and oxygen atoms in total. The molecule has 1 fully saturated rings. The molecule has 0 spiro atoms. The summed E-state index contributed by atoms with van der Waals surface area (Å²) in [5, 5.41) is 3.59. The summed E-state index contributed by atoms with van der Waals surface area (Å²) in [5.74, 6) is 0. The standard InChI is InChI=1S/C15H25N3/c1-2-11-18(13-15-7-5-10-17-15)12-8-14-6-3-4-9-16-14/h3-4,6,9,15,17H,2,5,7-8,10-13H2,1H3. The zero-order valence-corrected chi connectivity index (χ0v) is 11.4. The molecule has 1 aromatic rings. The monoisotopic (exact) mass is 247 g/mol. The lowest BCUT2D eigenvalue weighted by atomic mass is 10.2. The van der Waals surface area contributed by atoms with E-state index >= 15 is 0 Å². The van der Waals surface area contributed by atoms with Gasteiger partial charge in [-0.25, -0.2) is 0 Å². The van der Waals surface area contributed by atoms with Gasteiger partial charge < -0.3 is 10.2 Å². The van der Waals surface area contributed by atoms with Gasteiger partial charge in [-0.2, -0.15) is 0 Å². The minimum Gasteiger partial charge on any atom is -0.313 e. The second-order valence-corrected chi connectivity index (χ2v) is 5.16. The lowest BCUT2D eigenvalue weighted by molar-refractivity contribution is 0.251. The molecule has 2 heterocycles. The summed E-state index contributed by atoms with van der Waals surface area (Å²) in [6, 6.07) is 6.89. The maximum absolute atomic E-state index is 4.40. The van der Waals surface area contributed by atoms with Gasteiger partial charge in [0.05, 0.1) is 0 Å². The second kappa shape index (κ2) is 7.49. The molecule has 2 rings (SSSR count). The van der Waals surface area contributed by atoms with Gasteiger partial charge in [-0.3, -0.25) is 4.98 Å². The van der Waals surface area contributed by atoms with E-state index in [4.69, 9.17) is 0 Å². The minimum absolute atomic E-state index is 0.709. The molecule has 0 saturated carbocycles. The summed E-state index contributed by atoms with van der Waals surface area (Å²) in [6.07, 6.45) is 6.86. The quantitative estimate of drug-likeness (QED) is 0.799.